The Balaban J connectivity index is 1.18. The molecule has 2 fully saturated rings. The fourth-order valence-corrected chi connectivity index (χ4v) is 6.51. The van der Waals surface area contributed by atoms with Gasteiger partial charge in [-0.25, -0.2) is 14.1 Å². The van der Waals surface area contributed by atoms with Crippen LogP contribution < -0.4 is 19.7 Å². The van der Waals surface area contributed by atoms with Crippen LogP contribution >= 0.6 is 11.9 Å². The molecule has 2 saturated heterocycles. The van der Waals surface area contributed by atoms with Crippen molar-refractivity contribution < 1.29 is 18.7 Å². The average Bonchev–Trinajstić information content (AvgIpc) is 3.78. The number of nitrogen functional groups attached to an aromatic ring is 1. The second kappa shape index (κ2) is 11.3. The standard InChI is InChI=1S/C31H30FN7O3S/c1-19-13-29(42-28-6-3-2-5-22(28)32)34-18-27(19)39-31(33)21(17-35-39)30(40)24-14-20-15-25(37-8-10-41-11-9-37)26(16-23(20)36-24)38-7-4-12-43-38/h2-3,5-6,13-18,36H,4,7-12,33H2,1H3. The predicted octanol–water partition coefficient (Wildman–Crippen LogP) is 5.50. The minimum Gasteiger partial charge on any atom is -0.436 e. The first kappa shape index (κ1) is 27.3. The first-order chi connectivity index (χ1) is 21.0. The number of fused-ring (bicyclic) bond motifs is 1. The van der Waals surface area contributed by atoms with E-state index >= 15 is 0 Å². The molecule has 0 spiro atoms. The summed E-state index contributed by atoms with van der Waals surface area (Å²) >= 11 is 1.83. The van der Waals surface area contributed by atoms with E-state index in [1.807, 2.05) is 24.9 Å². The number of nitrogens with zero attached hydrogens (tertiary/aromatic N) is 5. The quantitative estimate of drug-likeness (QED) is 0.185. The van der Waals surface area contributed by atoms with Crippen LogP contribution in [0.15, 0.2) is 60.9 Å². The summed E-state index contributed by atoms with van der Waals surface area (Å²) in [6.07, 6.45) is 4.15. The second-order valence-corrected chi connectivity index (χ2v) is 11.6. The summed E-state index contributed by atoms with van der Waals surface area (Å²) in [6.45, 7) is 5.87. The van der Waals surface area contributed by atoms with Crippen molar-refractivity contribution in [3.05, 3.63) is 83.6 Å². The highest BCUT2D eigenvalue weighted by molar-refractivity contribution is 8.00. The van der Waals surface area contributed by atoms with E-state index in [1.54, 1.807) is 18.2 Å². The molecule has 10 nitrogen and oxygen atoms in total. The molecule has 7 rings (SSSR count). The number of para-hydroxylation sites is 1. The molecular weight excluding hydrogens is 569 g/mol. The molecule has 5 aromatic rings. The highest BCUT2D eigenvalue weighted by atomic mass is 32.2. The number of H-pyrrole nitrogens is 1. The van der Waals surface area contributed by atoms with Gasteiger partial charge in [-0.15, -0.1) is 0 Å². The van der Waals surface area contributed by atoms with Crippen molar-refractivity contribution in [3.8, 4) is 17.3 Å². The number of anilines is 3. The maximum absolute atomic E-state index is 14.0. The molecule has 0 saturated carbocycles. The van der Waals surface area contributed by atoms with Crippen molar-refractivity contribution >= 4 is 45.8 Å². The van der Waals surface area contributed by atoms with Gasteiger partial charge in [0.15, 0.2) is 11.6 Å². The maximum atomic E-state index is 14.0. The van der Waals surface area contributed by atoms with Gasteiger partial charge < -0.3 is 29.4 Å². The van der Waals surface area contributed by atoms with Crippen molar-refractivity contribution in [2.45, 2.75) is 13.3 Å². The van der Waals surface area contributed by atoms with E-state index in [0.29, 0.717) is 24.6 Å². The van der Waals surface area contributed by atoms with Gasteiger partial charge in [0.2, 0.25) is 11.7 Å². The number of nitrogens with two attached hydrogens (primary N) is 1. The van der Waals surface area contributed by atoms with Crippen molar-refractivity contribution in [1.29, 1.82) is 0 Å². The van der Waals surface area contributed by atoms with E-state index in [0.717, 1.165) is 59.6 Å². The number of aromatic nitrogens is 4. The third kappa shape index (κ3) is 5.17. The number of hydrogen-bond acceptors (Lipinski definition) is 9. The number of halogens is 1. The Bertz CT molecular complexity index is 1830. The summed E-state index contributed by atoms with van der Waals surface area (Å²) in [6, 6.07) is 14.0. The number of nitrogens with one attached hydrogen (secondary N) is 1. The minimum absolute atomic E-state index is 0.0790. The second-order valence-electron chi connectivity index (χ2n) is 10.5. The van der Waals surface area contributed by atoms with Crippen LogP contribution in [0.25, 0.3) is 16.6 Å². The van der Waals surface area contributed by atoms with Gasteiger partial charge in [0.05, 0.1) is 53.9 Å². The zero-order chi connectivity index (χ0) is 29.5. The molecule has 5 heterocycles. The Morgan fingerprint density at radius 3 is 2.67 bits per heavy atom. The molecule has 0 aliphatic carbocycles. The number of carbonyl (C=O) groups is 1. The highest BCUT2D eigenvalue weighted by Gasteiger charge is 2.25. The zero-order valence-electron chi connectivity index (χ0n) is 23.5. The number of aromatic amines is 1. The smallest absolute Gasteiger partial charge is 0.219 e. The number of ether oxygens (including phenoxy) is 2. The molecule has 12 heteroatoms. The van der Waals surface area contributed by atoms with Crippen LogP contribution in [0.4, 0.5) is 21.6 Å². The first-order valence-corrected chi connectivity index (χ1v) is 15.1. The Morgan fingerprint density at radius 2 is 1.91 bits per heavy atom. The summed E-state index contributed by atoms with van der Waals surface area (Å²) in [5, 5.41) is 5.36. The lowest BCUT2D eigenvalue weighted by molar-refractivity contribution is 0.103. The van der Waals surface area contributed by atoms with Crippen molar-refractivity contribution in [2.75, 3.05) is 53.5 Å². The Labute approximate surface area is 251 Å². The van der Waals surface area contributed by atoms with E-state index in [2.05, 4.69) is 36.4 Å². The van der Waals surface area contributed by atoms with E-state index in [4.69, 9.17) is 15.2 Å². The molecule has 2 aliphatic heterocycles. The fourth-order valence-electron chi connectivity index (χ4n) is 5.48. The van der Waals surface area contributed by atoms with E-state index in [9.17, 15) is 9.18 Å². The first-order valence-electron chi connectivity index (χ1n) is 14.1. The lowest BCUT2D eigenvalue weighted by atomic mass is 10.1. The third-order valence-electron chi connectivity index (χ3n) is 7.72. The van der Waals surface area contributed by atoms with Crippen molar-refractivity contribution in [3.63, 3.8) is 0 Å². The molecule has 3 N–H and O–H groups in total. The van der Waals surface area contributed by atoms with Gasteiger partial charge in [0.25, 0.3) is 0 Å². The average molecular weight is 600 g/mol. The van der Waals surface area contributed by atoms with Crippen molar-refractivity contribution in [1.82, 2.24) is 19.7 Å². The molecule has 0 unspecified atom stereocenters. The Morgan fingerprint density at radius 1 is 1.07 bits per heavy atom. The highest BCUT2D eigenvalue weighted by Crippen LogP contribution is 2.40. The third-order valence-corrected chi connectivity index (χ3v) is 8.88. The summed E-state index contributed by atoms with van der Waals surface area (Å²) in [7, 11) is 0. The van der Waals surface area contributed by atoms with Gasteiger partial charge in [0.1, 0.15) is 5.82 Å². The molecule has 220 valence electrons. The van der Waals surface area contributed by atoms with Crippen LogP contribution in [-0.4, -0.2) is 64.1 Å². The van der Waals surface area contributed by atoms with Crippen molar-refractivity contribution in [2.24, 2.45) is 0 Å². The van der Waals surface area contributed by atoms with Crippen LogP contribution in [0.3, 0.4) is 0 Å². The van der Waals surface area contributed by atoms with E-state index in [1.165, 1.54) is 29.2 Å². The van der Waals surface area contributed by atoms with Crippen LogP contribution in [0.1, 0.15) is 28.0 Å². The number of morpholine rings is 1. The van der Waals surface area contributed by atoms with Crippen LogP contribution in [-0.2, 0) is 4.74 Å². The number of rotatable bonds is 7. The number of ketones is 1. The molecule has 0 radical (unpaired) electrons. The molecule has 0 atom stereocenters. The molecule has 3 aromatic heterocycles. The number of hydrogen-bond donors (Lipinski definition) is 2. The normalized spacial score (nSPS) is 15.4. The lowest BCUT2D eigenvalue weighted by Gasteiger charge is -2.32. The lowest BCUT2D eigenvalue weighted by Crippen LogP contribution is -2.37. The van der Waals surface area contributed by atoms with Crippen LogP contribution in [0.5, 0.6) is 11.6 Å². The van der Waals surface area contributed by atoms with E-state index < -0.39 is 5.82 Å². The summed E-state index contributed by atoms with van der Waals surface area (Å²) in [5.74, 6) is 0.861. The minimum atomic E-state index is -0.481. The van der Waals surface area contributed by atoms with Gasteiger partial charge in [-0.1, -0.05) is 12.1 Å². The van der Waals surface area contributed by atoms with Crippen LogP contribution in [0, 0.1) is 12.7 Å². The molecule has 2 aromatic carbocycles. The van der Waals surface area contributed by atoms with Gasteiger partial charge in [-0.05, 0) is 61.2 Å². The summed E-state index contributed by atoms with van der Waals surface area (Å²) < 4.78 is 29.0. The predicted molar refractivity (Wildman–Crippen MR) is 166 cm³/mol. The maximum Gasteiger partial charge on any atom is 0.219 e. The molecule has 2 aliphatic rings. The molecule has 43 heavy (non-hydrogen) atoms. The van der Waals surface area contributed by atoms with Crippen LogP contribution in [0.2, 0.25) is 0 Å². The Hall–Kier alpha value is -4.55. The van der Waals surface area contributed by atoms with Gasteiger partial charge in [0, 0.05) is 42.4 Å². The van der Waals surface area contributed by atoms with Gasteiger partial charge >= 0.3 is 0 Å². The van der Waals surface area contributed by atoms with Gasteiger partial charge in [-0.3, -0.25) is 4.79 Å². The summed E-state index contributed by atoms with van der Waals surface area (Å²) in [4.78, 5) is 23.7. The fraction of sp³-hybridized carbons (Fsp3) is 0.258. The molecule has 0 bridgehead atoms. The Kier molecular flexibility index (Phi) is 7.15. The van der Waals surface area contributed by atoms with E-state index in [-0.39, 0.29) is 28.8 Å². The largest absolute Gasteiger partial charge is 0.436 e. The molecule has 0 amide bonds. The topological polar surface area (TPSA) is 115 Å². The number of aryl methyl sites for hydroxylation is 1. The number of pyridine rings is 1. The SMILES string of the molecule is Cc1cc(Oc2ccccc2F)ncc1-n1ncc(C(=O)c2cc3cc(N4CCOCC4)c(N4CCCS4)cc3[nH]2)c1N. The number of carbonyl (C=O) groups excluding carboxylic acids is 1. The number of benzene rings is 2. The summed E-state index contributed by atoms with van der Waals surface area (Å²) in [5.41, 5.74) is 11.7. The molecular formula is C31H30FN7O3S. The van der Waals surface area contributed by atoms with Gasteiger partial charge in [-0.2, -0.15) is 5.10 Å². The zero-order valence-corrected chi connectivity index (χ0v) is 24.4. The monoisotopic (exact) mass is 599 g/mol.